The van der Waals surface area contributed by atoms with Crippen molar-refractivity contribution in [3.8, 4) is 5.69 Å². The Labute approximate surface area is 109 Å². The fourth-order valence-electron chi connectivity index (χ4n) is 1.47. The van der Waals surface area contributed by atoms with Crippen molar-refractivity contribution in [1.82, 2.24) is 9.55 Å². The fourth-order valence-corrected chi connectivity index (χ4v) is 1.86. The summed E-state index contributed by atoms with van der Waals surface area (Å²) < 4.78 is 1.56. The van der Waals surface area contributed by atoms with Gasteiger partial charge in [-0.15, -0.1) is 0 Å². The highest BCUT2D eigenvalue weighted by molar-refractivity contribution is 9.10. The van der Waals surface area contributed by atoms with Crippen LogP contribution in [0.2, 0.25) is 0 Å². The van der Waals surface area contributed by atoms with Gasteiger partial charge < -0.3 is 10.1 Å². The van der Waals surface area contributed by atoms with E-state index in [0.717, 1.165) is 10.6 Å². The number of nitrogens with one attached hydrogen (secondary N) is 1. The quantitative estimate of drug-likeness (QED) is 0.865. The van der Waals surface area contributed by atoms with E-state index in [1.165, 1.54) is 0 Å². The number of H-pyrrole nitrogens is 1. The summed E-state index contributed by atoms with van der Waals surface area (Å²) in [6, 6.07) is 7.42. The van der Waals surface area contributed by atoms with E-state index in [9.17, 15) is 14.4 Å². The first-order chi connectivity index (χ1) is 8.49. The van der Waals surface area contributed by atoms with Gasteiger partial charge in [0.2, 0.25) is 0 Å². The maximum Gasteiger partial charge on any atom is 0.352 e. The molecule has 2 rings (SSSR count). The lowest BCUT2D eigenvalue weighted by Crippen LogP contribution is -2.34. The molecule has 0 saturated carbocycles. The average molecular weight is 311 g/mol. The standard InChI is InChI=1S/C11H7BrN2O4/c12-6-2-1-3-7(4-6)14-9(15)5-8(10(16)17)13-11(14)18/h1-5H,(H,13,18)(H,16,17). The Morgan fingerprint density at radius 1 is 1.28 bits per heavy atom. The summed E-state index contributed by atoms with van der Waals surface area (Å²) in [5.41, 5.74) is -1.57. The second kappa shape index (κ2) is 4.61. The second-order valence-corrected chi connectivity index (χ2v) is 4.36. The van der Waals surface area contributed by atoms with Gasteiger partial charge in [0.1, 0.15) is 5.69 Å². The Bertz CT molecular complexity index is 701. The van der Waals surface area contributed by atoms with Gasteiger partial charge in [0.05, 0.1) is 5.69 Å². The molecule has 1 aromatic carbocycles. The molecule has 0 unspecified atom stereocenters. The molecule has 0 aliphatic rings. The first-order valence-corrected chi connectivity index (χ1v) is 5.64. The number of halogens is 1. The van der Waals surface area contributed by atoms with Crippen LogP contribution in [0.4, 0.5) is 0 Å². The molecular weight excluding hydrogens is 304 g/mol. The third-order valence-electron chi connectivity index (χ3n) is 2.23. The first kappa shape index (κ1) is 12.3. The third-order valence-corrected chi connectivity index (χ3v) is 2.72. The molecule has 1 aromatic heterocycles. The maximum absolute atomic E-state index is 11.7. The van der Waals surface area contributed by atoms with E-state index in [2.05, 4.69) is 20.9 Å². The minimum atomic E-state index is -1.36. The predicted octanol–water partition coefficient (Wildman–Crippen LogP) is 0.986. The van der Waals surface area contributed by atoms with E-state index in [1.807, 2.05) is 0 Å². The van der Waals surface area contributed by atoms with Crippen LogP contribution in [-0.4, -0.2) is 20.6 Å². The summed E-state index contributed by atoms with van der Waals surface area (Å²) in [5, 5.41) is 8.71. The second-order valence-electron chi connectivity index (χ2n) is 3.45. The molecule has 0 fully saturated rings. The zero-order valence-electron chi connectivity index (χ0n) is 8.88. The normalized spacial score (nSPS) is 10.3. The van der Waals surface area contributed by atoms with Gasteiger partial charge in [-0.3, -0.25) is 4.79 Å². The zero-order chi connectivity index (χ0) is 13.3. The van der Waals surface area contributed by atoms with Gasteiger partial charge in [-0.2, -0.15) is 0 Å². The molecule has 0 bridgehead atoms. The van der Waals surface area contributed by atoms with Crippen molar-refractivity contribution in [2.75, 3.05) is 0 Å². The maximum atomic E-state index is 11.7. The minimum Gasteiger partial charge on any atom is -0.477 e. The lowest BCUT2D eigenvalue weighted by molar-refractivity contribution is 0.0689. The highest BCUT2D eigenvalue weighted by atomic mass is 79.9. The molecule has 2 N–H and O–H groups in total. The van der Waals surface area contributed by atoms with Gasteiger partial charge in [0.25, 0.3) is 5.56 Å². The smallest absolute Gasteiger partial charge is 0.352 e. The van der Waals surface area contributed by atoms with E-state index < -0.39 is 22.9 Å². The van der Waals surface area contributed by atoms with Crippen LogP contribution in [0, 0.1) is 0 Å². The molecular formula is C11H7BrN2O4. The van der Waals surface area contributed by atoms with Crippen molar-refractivity contribution in [1.29, 1.82) is 0 Å². The molecule has 7 heteroatoms. The molecule has 0 amide bonds. The predicted molar refractivity (Wildman–Crippen MR) is 67.3 cm³/mol. The van der Waals surface area contributed by atoms with Crippen LogP contribution in [0.5, 0.6) is 0 Å². The molecule has 0 atom stereocenters. The number of carboxylic acid groups (broad SMARTS) is 1. The lowest BCUT2D eigenvalue weighted by atomic mass is 10.3. The molecule has 0 aliphatic carbocycles. The summed E-state index contributed by atoms with van der Waals surface area (Å²) in [5.74, 6) is -1.36. The summed E-state index contributed by atoms with van der Waals surface area (Å²) >= 11 is 3.22. The first-order valence-electron chi connectivity index (χ1n) is 4.84. The van der Waals surface area contributed by atoms with Crippen molar-refractivity contribution in [2.45, 2.75) is 0 Å². The molecule has 2 aromatic rings. The van der Waals surface area contributed by atoms with Gasteiger partial charge in [-0.1, -0.05) is 22.0 Å². The minimum absolute atomic E-state index is 0.354. The molecule has 0 aliphatic heterocycles. The van der Waals surface area contributed by atoms with E-state index in [4.69, 9.17) is 5.11 Å². The van der Waals surface area contributed by atoms with Gasteiger partial charge in [0.15, 0.2) is 0 Å². The van der Waals surface area contributed by atoms with Crippen molar-refractivity contribution < 1.29 is 9.90 Å². The summed E-state index contributed by atoms with van der Waals surface area (Å²) in [7, 11) is 0. The Kier molecular flexibility index (Phi) is 3.15. The lowest BCUT2D eigenvalue weighted by Gasteiger charge is -2.05. The Morgan fingerprint density at radius 2 is 2.00 bits per heavy atom. The van der Waals surface area contributed by atoms with E-state index in [0.29, 0.717) is 10.2 Å². The van der Waals surface area contributed by atoms with E-state index >= 15 is 0 Å². The average Bonchev–Trinajstić information content (AvgIpc) is 2.27. The molecule has 0 radical (unpaired) electrons. The van der Waals surface area contributed by atoms with Crippen LogP contribution >= 0.6 is 15.9 Å². The molecule has 6 nitrogen and oxygen atoms in total. The molecule has 18 heavy (non-hydrogen) atoms. The van der Waals surface area contributed by atoms with Crippen molar-refractivity contribution in [3.05, 3.63) is 61.3 Å². The van der Waals surface area contributed by atoms with Crippen LogP contribution < -0.4 is 11.2 Å². The van der Waals surface area contributed by atoms with Crippen LogP contribution in [0.1, 0.15) is 10.5 Å². The van der Waals surface area contributed by atoms with Gasteiger partial charge >= 0.3 is 11.7 Å². The fraction of sp³-hybridized carbons (Fsp3) is 0. The Hall–Kier alpha value is -2.15. The number of carbonyl (C=O) groups is 1. The van der Waals surface area contributed by atoms with Crippen molar-refractivity contribution in [3.63, 3.8) is 0 Å². The number of carboxylic acids is 1. The summed E-state index contributed by atoms with van der Waals surface area (Å²) in [6.07, 6.45) is 0. The SMILES string of the molecule is O=C(O)c1cc(=O)n(-c2cccc(Br)c2)c(=O)[nH]1. The molecule has 1 heterocycles. The van der Waals surface area contributed by atoms with Crippen LogP contribution in [-0.2, 0) is 0 Å². The summed E-state index contributed by atoms with van der Waals surface area (Å²) in [4.78, 5) is 36.3. The number of hydrogen-bond acceptors (Lipinski definition) is 3. The number of benzene rings is 1. The Morgan fingerprint density at radius 3 is 2.56 bits per heavy atom. The number of aromatic nitrogens is 2. The van der Waals surface area contributed by atoms with E-state index in [1.54, 1.807) is 24.3 Å². The number of hydrogen-bond donors (Lipinski definition) is 2. The topological polar surface area (TPSA) is 92.2 Å². The molecule has 0 saturated heterocycles. The number of rotatable bonds is 2. The number of nitrogens with zero attached hydrogens (tertiary/aromatic N) is 1. The molecule has 0 spiro atoms. The van der Waals surface area contributed by atoms with Crippen molar-refractivity contribution in [2.24, 2.45) is 0 Å². The highest BCUT2D eigenvalue weighted by Gasteiger charge is 2.10. The van der Waals surface area contributed by atoms with Gasteiger partial charge in [-0.05, 0) is 18.2 Å². The van der Waals surface area contributed by atoms with Crippen LogP contribution in [0.3, 0.4) is 0 Å². The number of aromatic amines is 1. The van der Waals surface area contributed by atoms with Gasteiger partial charge in [0, 0.05) is 10.5 Å². The van der Waals surface area contributed by atoms with Crippen molar-refractivity contribution >= 4 is 21.9 Å². The van der Waals surface area contributed by atoms with Gasteiger partial charge in [-0.25, -0.2) is 14.2 Å². The third kappa shape index (κ3) is 2.25. The Balaban J connectivity index is 2.71. The zero-order valence-corrected chi connectivity index (χ0v) is 10.5. The summed E-state index contributed by atoms with van der Waals surface area (Å²) in [6.45, 7) is 0. The van der Waals surface area contributed by atoms with E-state index in [-0.39, 0.29) is 0 Å². The monoisotopic (exact) mass is 310 g/mol. The van der Waals surface area contributed by atoms with Crippen LogP contribution in [0.15, 0.2) is 44.4 Å². The highest BCUT2D eigenvalue weighted by Crippen LogP contribution is 2.12. The number of aromatic carboxylic acids is 1. The molecule has 92 valence electrons. The van der Waals surface area contributed by atoms with Crippen LogP contribution in [0.25, 0.3) is 5.69 Å². The largest absolute Gasteiger partial charge is 0.477 e.